The van der Waals surface area contributed by atoms with Gasteiger partial charge in [-0.1, -0.05) is 6.07 Å². The van der Waals surface area contributed by atoms with Gasteiger partial charge in [0.25, 0.3) is 5.91 Å². The molecule has 3 rings (SSSR count). The molecule has 1 aromatic heterocycles. The van der Waals surface area contributed by atoms with Gasteiger partial charge in [0.05, 0.1) is 11.5 Å². The fourth-order valence-electron chi connectivity index (χ4n) is 3.16. The van der Waals surface area contributed by atoms with Gasteiger partial charge < -0.3 is 15.0 Å². The zero-order chi connectivity index (χ0) is 16.4. The van der Waals surface area contributed by atoms with Crippen molar-refractivity contribution in [3.05, 3.63) is 34.5 Å². The van der Waals surface area contributed by atoms with Crippen molar-refractivity contribution in [2.24, 2.45) is 0 Å². The number of thiophene rings is 1. The maximum atomic E-state index is 14.2. The first kappa shape index (κ1) is 16.4. The summed E-state index contributed by atoms with van der Waals surface area (Å²) in [4.78, 5) is 15.4. The number of carbonyl (C=O) groups is 1. The second kappa shape index (κ2) is 6.95. The van der Waals surface area contributed by atoms with E-state index in [0.717, 1.165) is 24.1 Å². The smallest absolute Gasteiger partial charge is 0.264 e. The molecule has 1 aliphatic rings. The summed E-state index contributed by atoms with van der Waals surface area (Å²) in [6.45, 7) is 1.68. The van der Waals surface area contributed by atoms with Gasteiger partial charge in [-0.15, -0.1) is 11.3 Å². The van der Waals surface area contributed by atoms with E-state index in [2.05, 4.69) is 5.32 Å². The van der Waals surface area contributed by atoms with Gasteiger partial charge in [0, 0.05) is 41.9 Å². The Hall–Kier alpha value is -1.50. The third-order valence-corrected chi connectivity index (χ3v) is 5.55. The lowest BCUT2D eigenvalue weighted by atomic mass is 10.0. The highest BCUT2D eigenvalue weighted by molar-refractivity contribution is 7.21. The fourth-order valence-corrected chi connectivity index (χ4v) is 4.35. The van der Waals surface area contributed by atoms with Gasteiger partial charge in [0.2, 0.25) is 0 Å². The van der Waals surface area contributed by atoms with E-state index >= 15 is 0 Å². The van der Waals surface area contributed by atoms with Crippen molar-refractivity contribution in [2.75, 3.05) is 27.2 Å². The summed E-state index contributed by atoms with van der Waals surface area (Å²) in [6.07, 6.45) is 2.06. The number of halogens is 1. The molecule has 1 fully saturated rings. The lowest BCUT2D eigenvalue weighted by molar-refractivity contribution is 0.0699. The van der Waals surface area contributed by atoms with Crippen LogP contribution in [-0.4, -0.2) is 44.1 Å². The van der Waals surface area contributed by atoms with E-state index in [1.807, 2.05) is 18.0 Å². The Balaban J connectivity index is 1.99. The highest BCUT2D eigenvalue weighted by atomic mass is 32.1. The number of carbonyl (C=O) groups excluding carboxylic acids is 1. The summed E-state index contributed by atoms with van der Waals surface area (Å²) in [5.74, 6) is -0.311. The zero-order valence-corrected chi connectivity index (χ0v) is 14.2. The molecule has 1 unspecified atom stereocenters. The van der Waals surface area contributed by atoms with Gasteiger partial charge in [0.1, 0.15) is 5.82 Å². The number of hydrogen-bond donors (Lipinski definition) is 1. The molecule has 2 heterocycles. The number of methoxy groups -OCH3 is 1. The molecule has 0 radical (unpaired) electrons. The van der Waals surface area contributed by atoms with Crippen molar-refractivity contribution in [2.45, 2.75) is 25.5 Å². The first-order valence-electron chi connectivity index (χ1n) is 7.81. The lowest BCUT2D eigenvalue weighted by Gasteiger charge is -2.32. The van der Waals surface area contributed by atoms with Crippen molar-refractivity contribution in [1.29, 1.82) is 0 Å². The number of fused-ring (bicyclic) bond motifs is 1. The van der Waals surface area contributed by atoms with Gasteiger partial charge in [-0.2, -0.15) is 0 Å². The Morgan fingerprint density at radius 1 is 1.52 bits per heavy atom. The maximum absolute atomic E-state index is 14.2. The third kappa shape index (κ3) is 3.11. The molecule has 6 heteroatoms. The minimum absolute atomic E-state index is 0.0161. The molecule has 0 spiro atoms. The second-order valence-corrected chi connectivity index (χ2v) is 6.89. The maximum Gasteiger partial charge on any atom is 0.264 e. The van der Waals surface area contributed by atoms with Crippen molar-refractivity contribution >= 4 is 27.3 Å². The monoisotopic (exact) mass is 336 g/mol. The Morgan fingerprint density at radius 3 is 3.09 bits per heavy atom. The van der Waals surface area contributed by atoms with Crippen LogP contribution in [0.3, 0.4) is 0 Å². The Labute approximate surface area is 139 Å². The van der Waals surface area contributed by atoms with Crippen LogP contribution < -0.4 is 5.32 Å². The molecule has 1 aliphatic heterocycles. The van der Waals surface area contributed by atoms with E-state index in [0.29, 0.717) is 28.4 Å². The van der Waals surface area contributed by atoms with Gasteiger partial charge in [0.15, 0.2) is 0 Å². The van der Waals surface area contributed by atoms with Crippen LogP contribution in [0.25, 0.3) is 10.1 Å². The molecule has 2 aromatic rings. The summed E-state index contributed by atoms with van der Waals surface area (Å²) in [6, 6.07) is 5.29. The molecule has 1 atom stereocenters. The predicted molar refractivity (Wildman–Crippen MR) is 90.5 cm³/mol. The molecular weight excluding hydrogens is 315 g/mol. The molecule has 0 bridgehead atoms. The molecule has 1 aromatic carbocycles. The zero-order valence-electron chi connectivity index (χ0n) is 13.4. The number of ether oxygens (including phenoxy) is 1. The van der Waals surface area contributed by atoms with E-state index in [1.165, 1.54) is 17.4 Å². The number of hydrogen-bond acceptors (Lipinski definition) is 4. The average molecular weight is 336 g/mol. The van der Waals surface area contributed by atoms with E-state index in [9.17, 15) is 9.18 Å². The third-order valence-electron chi connectivity index (χ3n) is 4.36. The Bertz CT molecular complexity index is 716. The summed E-state index contributed by atoms with van der Waals surface area (Å²) >= 11 is 1.36. The van der Waals surface area contributed by atoms with E-state index < -0.39 is 0 Å². The van der Waals surface area contributed by atoms with Gasteiger partial charge in [-0.25, -0.2) is 4.39 Å². The first-order valence-corrected chi connectivity index (χ1v) is 8.62. The van der Waals surface area contributed by atoms with Crippen molar-refractivity contribution in [3.63, 3.8) is 0 Å². The number of nitrogens with one attached hydrogen (secondary N) is 1. The molecule has 4 nitrogen and oxygen atoms in total. The van der Waals surface area contributed by atoms with Gasteiger partial charge in [-0.05, 0) is 32.0 Å². The van der Waals surface area contributed by atoms with Gasteiger partial charge in [-0.3, -0.25) is 4.79 Å². The first-order chi connectivity index (χ1) is 11.2. The number of nitrogens with zero attached hydrogens (tertiary/aromatic N) is 1. The Morgan fingerprint density at radius 2 is 2.35 bits per heavy atom. The predicted octanol–water partition coefficient (Wildman–Crippen LogP) is 3.01. The molecule has 1 N–H and O–H groups in total. The SMILES string of the molecule is CNC1CCCN(C(=O)c2sc3cccc(F)c3c2COC)C1. The standard InChI is InChI=1S/C17H21FN2O2S/c1-19-11-5-4-8-20(9-11)17(21)16-12(10-22-2)15-13(18)6-3-7-14(15)23-16/h3,6-7,11,19H,4-5,8-10H2,1-2H3. The van der Waals surface area contributed by atoms with Crippen LogP contribution in [-0.2, 0) is 11.3 Å². The summed E-state index contributed by atoms with van der Waals surface area (Å²) in [5.41, 5.74) is 0.669. The molecule has 1 amide bonds. The van der Waals surface area contributed by atoms with Crippen LogP contribution >= 0.6 is 11.3 Å². The summed E-state index contributed by atoms with van der Waals surface area (Å²) < 4.78 is 20.2. The van der Waals surface area contributed by atoms with Crippen LogP contribution in [0.5, 0.6) is 0 Å². The van der Waals surface area contributed by atoms with Crippen LogP contribution in [0, 0.1) is 5.82 Å². The molecule has 1 saturated heterocycles. The number of likely N-dealkylation sites (tertiary alicyclic amines) is 1. The number of piperidine rings is 1. The molecule has 124 valence electrons. The molecule has 0 aliphatic carbocycles. The fraction of sp³-hybridized carbons (Fsp3) is 0.471. The summed E-state index contributed by atoms with van der Waals surface area (Å²) in [7, 11) is 3.49. The number of rotatable bonds is 4. The topological polar surface area (TPSA) is 41.6 Å². The second-order valence-electron chi connectivity index (χ2n) is 5.83. The number of benzene rings is 1. The minimum Gasteiger partial charge on any atom is -0.380 e. The van der Waals surface area contributed by atoms with Crippen molar-refractivity contribution < 1.29 is 13.9 Å². The Kier molecular flexibility index (Phi) is 4.94. The van der Waals surface area contributed by atoms with Crippen LogP contribution in [0.2, 0.25) is 0 Å². The van der Waals surface area contributed by atoms with Gasteiger partial charge >= 0.3 is 0 Å². The highest BCUT2D eigenvalue weighted by Crippen LogP contribution is 2.35. The van der Waals surface area contributed by atoms with Crippen LogP contribution in [0.1, 0.15) is 28.1 Å². The number of likely N-dealkylation sites (N-methyl/N-ethyl adjacent to an activating group) is 1. The minimum atomic E-state index is -0.295. The van der Waals surface area contributed by atoms with Crippen LogP contribution in [0.4, 0.5) is 4.39 Å². The highest BCUT2D eigenvalue weighted by Gasteiger charge is 2.28. The van der Waals surface area contributed by atoms with Crippen molar-refractivity contribution in [3.8, 4) is 0 Å². The van der Waals surface area contributed by atoms with E-state index in [4.69, 9.17) is 4.74 Å². The lowest BCUT2D eigenvalue weighted by Crippen LogP contribution is -2.46. The van der Waals surface area contributed by atoms with E-state index in [1.54, 1.807) is 13.2 Å². The van der Waals surface area contributed by atoms with E-state index in [-0.39, 0.29) is 18.3 Å². The molecular formula is C17H21FN2O2S. The van der Waals surface area contributed by atoms with Crippen molar-refractivity contribution in [1.82, 2.24) is 10.2 Å². The average Bonchev–Trinajstić information content (AvgIpc) is 2.94. The normalized spacial score (nSPS) is 18.6. The largest absolute Gasteiger partial charge is 0.380 e. The van der Waals surface area contributed by atoms with Crippen LogP contribution in [0.15, 0.2) is 18.2 Å². The number of amides is 1. The molecule has 0 saturated carbocycles. The quantitative estimate of drug-likeness (QED) is 0.933. The summed E-state index contributed by atoms with van der Waals surface area (Å²) in [5, 5.41) is 3.76. The molecule has 23 heavy (non-hydrogen) atoms.